The number of hydrogen-bond acceptors (Lipinski definition) is 5. The second kappa shape index (κ2) is 7.09. The summed E-state index contributed by atoms with van der Waals surface area (Å²) in [5, 5.41) is 2.58. The number of hydrogen-bond donors (Lipinski definition) is 0. The average Bonchev–Trinajstić information content (AvgIpc) is 3.15. The maximum Gasteiger partial charge on any atom is 0.337 e. The first-order chi connectivity index (χ1) is 12.7. The van der Waals surface area contributed by atoms with Crippen molar-refractivity contribution in [3.63, 3.8) is 0 Å². The van der Waals surface area contributed by atoms with Gasteiger partial charge in [-0.25, -0.2) is 14.2 Å². The van der Waals surface area contributed by atoms with Crippen LogP contribution in [-0.4, -0.2) is 17.6 Å². The molecule has 26 heavy (non-hydrogen) atoms. The lowest BCUT2D eigenvalue weighted by molar-refractivity contribution is -0.140. The number of halogens is 1. The molecule has 2 aromatic carbocycles. The van der Waals surface area contributed by atoms with Gasteiger partial charge < -0.3 is 9.47 Å². The maximum atomic E-state index is 13.0. The lowest BCUT2D eigenvalue weighted by Gasteiger charge is -2.16. The van der Waals surface area contributed by atoms with Crippen LogP contribution in [0.15, 0.2) is 59.5 Å². The molecule has 1 aliphatic rings. The molecule has 4 nitrogen and oxygen atoms in total. The smallest absolute Gasteiger partial charge is 0.337 e. The minimum atomic E-state index is -0.421. The van der Waals surface area contributed by atoms with Crippen LogP contribution >= 0.6 is 11.3 Å². The molecule has 1 aromatic heterocycles. The van der Waals surface area contributed by atoms with E-state index in [1.165, 1.54) is 23.5 Å². The van der Waals surface area contributed by atoms with E-state index in [0.717, 1.165) is 21.9 Å². The number of fused-ring (bicyclic) bond motifs is 1. The van der Waals surface area contributed by atoms with Crippen molar-refractivity contribution >= 4 is 23.4 Å². The maximum absolute atomic E-state index is 13.0. The van der Waals surface area contributed by atoms with Gasteiger partial charge >= 0.3 is 5.97 Å². The Morgan fingerprint density at radius 1 is 1.19 bits per heavy atom. The Morgan fingerprint density at radius 3 is 2.85 bits per heavy atom. The molecule has 130 valence electrons. The molecule has 2 heterocycles. The standard InChI is InChI=1S/C20H14FNO3S/c21-16-7-5-13(6-8-16)19-22-17(12-26-19)11-25-20(23)15-9-14-3-1-2-4-18(14)24-10-15/h1-9,12H,10-11H2. The molecule has 0 N–H and O–H groups in total. The second-order valence-corrected chi connectivity index (χ2v) is 6.58. The molecular formula is C20H14FNO3S. The van der Waals surface area contributed by atoms with Gasteiger partial charge in [-0.05, 0) is 36.4 Å². The fourth-order valence-corrected chi connectivity index (χ4v) is 3.37. The van der Waals surface area contributed by atoms with E-state index < -0.39 is 5.97 Å². The first kappa shape index (κ1) is 16.5. The van der Waals surface area contributed by atoms with Gasteiger partial charge in [0.1, 0.15) is 29.8 Å². The summed E-state index contributed by atoms with van der Waals surface area (Å²) in [5.74, 6) is 0.0485. The molecule has 0 radical (unpaired) electrons. The van der Waals surface area contributed by atoms with E-state index in [1.54, 1.807) is 18.2 Å². The summed E-state index contributed by atoms with van der Waals surface area (Å²) in [6.07, 6.45) is 1.78. The Labute approximate surface area is 153 Å². The molecule has 3 aromatic rings. The zero-order valence-electron chi connectivity index (χ0n) is 13.6. The van der Waals surface area contributed by atoms with Crippen LogP contribution in [0.4, 0.5) is 4.39 Å². The molecule has 6 heteroatoms. The highest BCUT2D eigenvalue weighted by molar-refractivity contribution is 7.13. The first-order valence-corrected chi connectivity index (χ1v) is 8.87. The Morgan fingerprint density at radius 2 is 2.00 bits per heavy atom. The van der Waals surface area contributed by atoms with Gasteiger partial charge in [-0.15, -0.1) is 11.3 Å². The van der Waals surface area contributed by atoms with Crippen LogP contribution in [0.25, 0.3) is 16.6 Å². The number of nitrogens with zero attached hydrogens (tertiary/aromatic N) is 1. The van der Waals surface area contributed by atoms with E-state index >= 15 is 0 Å². The summed E-state index contributed by atoms with van der Waals surface area (Å²) >= 11 is 1.42. The van der Waals surface area contributed by atoms with E-state index in [4.69, 9.17) is 9.47 Å². The van der Waals surface area contributed by atoms with Crippen molar-refractivity contribution in [3.05, 3.63) is 76.6 Å². The van der Waals surface area contributed by atoms with Gasteiger partial charge in [0, 0.05) is 16.5 Å². The number of carbonyl (C=O) groups excluding carboxylic acids is 1. The monoisotopic (exact) mass is 367 g/mol. The number of thiazole rings is 1. The SMILES string of the molecule is O=C(OCc1csc(-c2ccc(F)cc2)n1)C1=Cc2ccccc2OC1. The largest absolute Gasteiger partial charge is 0.488 e. The summed E-state index contributed by atoms with van der Waals surface area (Å²) in [5.41, 5.74) is 2.81. The van der Waals surface area contributed by atoms with Gasteiger partial charge in [0.15, 0.2) is 0 Å². The molecule has 0 unspecified atom stereocenters. The third-order valence-electron chi connectivity index (χ3n) is 3.89. The van der Waals surface area contributed by atoms with E-state index in [2.05, 4.69) is 4.98 Å². The Hall–Kier alpha value is -2.99. The highest BCUT2D eigenvalue weighted by Crippen LogP contribution is 2.27. The van der Waals surface area contributed by atoms with Crippen molar-refractivity contribution in [1.82, 2.24) is 4.98 Å². The van der Waals surface area contributed by atoms with E-state index in [0.29, 0.717) is 11.3 Å². The number of para-hydroxylation sites is 1. The van der Waals surface area contributed by atoms with Gasteiger partial charge in [0.2, 0.25) is 0 Å². The van der Waals surface area contributed by atoms with Gasteiger partial charge in [-0.2, -0.15) is 0 Å². The van der Waals surface area contributed by atoms with Gasteiger partial charge in [-0.1, -0.05) is 18.2 Å². The van der Waals surface area contributed by atoms with Crippen molar-refractivity contribution in [2.75, 3.05) is 6.61 Å². The highest BCUT2D eigenvalue weighted by Gasteiger charge is 2.18. The topological polar surface area (TPSA) is 48.4 Å². The summed E-state index contributed by atoms with van der Waals surface area (Å²) < 4.78 is 23.9. The van der Waals surface area contributed by atoms with Gasteiger partial charge in [0.05, 0.1) is 11.3 Å². The molecule has 0 saturated heterocycles. The summed E-state index contributed by atoms with van der Waals surface area (Å²) in [6, 6.07) is 13.7. The fourth-order valence-electron chi connectivity index (χ4n) is 2.56. The van der Waals surface area contributed by atoms with Gasteiger partial charge in [-0.3, -0.25) is 0 Å². The van der Waals surface area contributed by atoms with Crippen LogP contribution in [0, 0.1) is 5.82 Å². The Kier molecular flexibility index (Phi) is 4.50. The van der Waals surface area contributed by atoms with Crippen LogP contribution in [0.2, 0.25) is 0 Å². The zero-order valence-corrected chi connectivity index (χ0v) is 14.5. The van der Waals surface area contributed by atoms with Crippen LogP contribution in [0.1, 0.15) is 11.3 Å². The van der Waals surface area contributed by atoms with Crippen molar-refractivity contribution in [3.8, 4) is 16.3 Å². The summed E-state index contributed by atoms with van der Waals surface area (Å²) in [7, 11) is 0. The molecule has 0 aliphatic carbocycles. The third kappa shape index (κ3) is 3.50. The first-order valence-electron chi connectivity index (χ1n) is 7.99. The minimum absolute atomic E-state index is 0.0789. The molecule has 4 rings (SSSR count). The number of aromatic nitrogens is 1. The predicted molar refractivity (Wildman–Crippen MR) is 97.2 cm³/mol. The molecule has 0 amide bonds. The van der Waals surface area contributed by atoms with E-state index in [9.17, 15) is 9.18 Å². The molecule has 0 bridgehead atoms. The summed E-state index contributed by atoms with van der Waals surface area (Å²) in [4.78, 5) is 16.7. The van der Waals surface area contributed by atoms with Crippen LogP contribution < -0.4 is 4.74 Å². The molecule has 1 aliphatic heterocycles. The highest BCUT2D eigenvalue weighted by atomic mass is 32.1. The number of rotatable bonds is 4. The minimum Gasteiger partial charge on any atom is -0.488 e. The van der Waals surface area contributed by atoms with Crippen LogP contribution in [0.5, 0.6) is 5.75 Å². The van der Waals surface area contributed by atoms with E-state index in [1.807, 2.05) is 29.6 Å². The zero-order chi connectivity index (χ0) is 17.9. The second-order valence-electron chi connectivity index (χ2n) is 5.72. The quantitative estimate of drug-likeness (QED) is 0.639. The summed E-state index contributed by atoms with van der Waals surface area (Å²) in [6.45, 7) is 0.267. The average molecular weight is 367 g/mol. The molecular weight excluding hydrogens is 353 g/mol. The number of carbonyl (C=O) groups is 1. The van der Waals surface area contributed by atoms with Gasteiger partial charge in [0.25, 0.3) is 0 Å². The normalized spacial score (nSPS) is 12.7. The number of esters is 1. The predicted octanol–water partition coefficient (Wildman–Crippen LogP) is 4.47. The Balaban J connectivity index is 1.41. The molecule has 0 spiro atoms. The van der Waals surface area contributed by atoms with Crippen molar-refractivity contribution in [2.45, 2.75) is 6.61 Å². The lowest BCUT2D eigenvalue weighted by atomic mass is 10.1. The Bertz CT molecular complexity index is 979. The fraction of sp³-hybridized carbons (Fsp3) is 0.100. The van der Waals surface area contributed by atoms with Crippen molar-refractivity contribution < 1.29 is 18.7 Å². The molecule has 0 atom stereocenters. The lowest BCUT2D eigenvalue weighted by Crippen LogP contribution is -2.17. The van der Waals surface area contributed by atoms with Crippen molar-refractivity contribution in [2.24, 2.45) is 0 Å². The number of benzene rings is 2. The third-order valence-corrected chi connectivity index (χ3v) is 4.83. The molecule has 0 saturated carbocycles. The van der Waals surface area contributed by atoms with Crippen LogP contribution in [0.3, 0.4) is 0 Å². The number of ether oxygens (including phenoxy) is 2. The van der Waals surface area contributed by atoms with E-state index in [-0.39, 0.29) is 19.0 Å². The van der Waals surface area contributed by atoms with Crippen LogP contribution in [-0.2, 0) is 16.1 Å². The van der Waals surface area contributed by atoms with Crippen molar-refractivity contribution in [1.29, 1.82) is 0 Å². The molecule has 0 fully saturated rings.